The number of carbonyl (C=O) groups is 1. The van der Waals surface area contributed by atoms with Crippen molar-refractivity contribution in [2.45, 2.75) is 33.5 Å². The molecule has 4 aromatic carbocycles. The van der Waals surface area contributed by atoms with E-state index < -0.39 is 8.07 Å². The molecule has 0 bridgehead atoms. The molecule has 0 saturated heterocycles. The molecule has 0 amide bonds. The van der Waals surface area contributed by atoms with Gasteiger partial charge in [-0.15, -0.1) is 17.7 Å². The fourth-order valence-corrected chi connectivity index (χ4v) is 7.21. The Balaban J connectivity index is 0.000000475. The number of aliphatic hydroxyl groups is 1. The molecule has 0 atom stereocenters. The van der Waals surface area contributed by atoms with Crippen molar-refractivity contribution in [1.29, 1.82) is 0 Å². The molecule has 0 aliphatic heterocycles. The van der Waals surface area contributed by atoms with Crippen LogP contribution < -0.4 is 5.19 Å². The number of nitrogens with zero attached hydrogens (tertiary/aromatic N) is 1. The maximum absolute atomic E-state index is 10.0. The first kappa shape index (κ1) is 32.2. The van der Waals surface area contributed by atoms with Crippen molar-refractivity contribution in [3.05, 3.63) is 121 Å². The minimum atomic E-state index is -1.39. The predicted octanol–water partition coefficient (Wildman–Crippen LogP) is 9.83. The number of benzene rings is 4. The quantitative estimate of drug-likeness (QED) is 0.0822. The van der Waals surface area contributed by atoms with Gasteiger partial charge >= 0.3 is 0 Å². The number of carbonyl (C=O) groups excluding carboxylic acids is 1. The number of rotatable bonds is 5. The Morgan fingerprint density at radius 3 is 2.07 bits per heavy atom. The molecule has 6 aromatic rings. The van der Waals surface area contributed by atoms with Gasteiger partial charge in [0, 0.05) is 37.3 Å². The van der Waals surface area contributed by atoms with Crippen LogP contribution in [0.3, 0.4) is 0 Å². The zero-order valence-corrected chi connectivity index (χ0v) is 29.1. The predicted molar refractivity (Wildman–Crippen MR) is 182 cm³/mol. The molecule has 219 valence electrons. The molecular formula is C37H34IrNO2SSi-. The van der Waals surface area contributed by atoms with Gasteiger partial charge in [0.15, 0.2) is 5.78 Å². The average Bonchev–Trinajstić information content (AvgIpc) is 3.40. The van der Waals surface area contributed by atoms with Crippen molar-refractivity contribution in [2.24, 2.45) is 0 Å². The normalized spacial score (nSPS) is 11.5. The van der Waals surface area contributed by atoms with Gasteiger partial charge < -0.3 is 10.1 Å². The molecule has 3 nitrogen and oxygen atoms in total. The molecule has 6 heteroatoms. The van der Waals surface area contributed by atoms with Crippen LogP contribution in [0.1, 0.15) is 13.8 Å². The van der Waals surface area contributed by atoms with Crippen molar-refractivity contribution >= 4 is 51.2 Å². The second-order valence-corrected chi connectivity index (χ2v) is 17.6. The summed E-state index contributed by atoms with van der Waals surface area (Å²) in [5.41, 5.74) is 5.73. The smallest absolute Gasteiger partial charge is 0.155 e. The Kier molecular flexibility index (Phi) is 10.3. The number of hydrogen-bond acceptors (Lipinski definition) is 4. The van der Waals surface area contributed by atoms with Gasteiger partial charge in [-0.25, -0.2) is 0 Å². The number of fused-ring (bicyclic) bond motifs is 2. The van der Waals surface area contributed by atoms with Crippen LogP contribution in [0.25, 0.3) is 53.7 Å². The van der Waals surface area contributed by atoms with E-state index in [-0.39, 0.29) is 31.6 Å². The van der Waals surface area contributed by atoms with Crippen LogP contribution in [0, 0.1) is 6.07 Å². The van der Waals surface area contributed by atoms with Gasteiger partial charge in [0.05, 0.1) is 13.8 Å². The summed E-state index contributed by atoms with van der Waals surface area (Å²) in [6.45, 7) is 10.0. The average molecular weight is 777 g/mol. The second kappa shape index (κ2) is 13.7. The molecule has 2 heterocycles. The van der Waals surface area contributed by atoms with Crippen LogP contribution >= 0.6 is 11.3 Å². The summed E-state index contributed by atoms with van der Waals surface area (Å²) >= 11 is 1.80. The largest absolute Gasteiger partial charge is 0.512 e. The molecular weight excluding hydrogens is 743 g/mol. The SMILES string of the molecule is CC(=O)/C=C(/C)O.C[Si](C)(C)c1ccc2c(-c3[c-]c4sc(-c5ccccc5)cc4c(-c4ccccc4)c3)nccc2c1.[Ir]. The summed E-state index contributed by atoms with van der Waals surface area (Å²) in [6, 6.07) is 38.7. The van der Waals surface area contributed by atoms with Gasteiger partial charge in [0.2, 0.25) is 0 Å². The van der Waals surface area contributed by atoms with Crippen molar-refractivity contribution < 1.29 is 30.0 Å². The van der Waals surface area contributed by atoms with E-state index >= 15 is 0 Å². The maximum Gasteiger partial charge on any atom is 0.155 e. The first-order valence-electron chi connectivity index (χ1n) is 14.0. The third-order valence-corrected chi connectivity index (χ3v) is 10.1. The first-order chi connectivity index (χ1) is 20.1. The van der Waals surface area contributed by atoms with Gasteiger partial charge in [0.25, 0.3) is 0 Å². The Bertz CT molecular complexity index is 1900. The zero-order valence-electron chi connectivity index (χ0n) is 24.9. The minimum absolute atomic E-state index is 0. The number of aliphatic hydroxyl groups excluding tert-OH is 1. The third-order valence-electron chi connectivity index (χ3n) is 7.00. The molecule has 6 rings (SSSR count). The first-order valence-corrected chi connectivity index (χ1v) is 18.3. The summed E-state index contributed by atoms with van der Waals surface area (Å²) in [6.07, 6.45) is 3.11. The topological polar surface area (TPSA) is 50.2 Å². The van der Waals surface area contributed by atoms with Crippen LogP contribution in [0.5, 0.6) is 0 Å². The Hall–Kier alpha value is -3.67. The molecule has 0 fully saturated rings. The standard InChI is InChI=1S/C32H26NSSi.C5H8O2.Ir/c1-35(2,3)26-14-15-27-24(18-26)16-17-33-32(27)25-19-28(22-10-6-4-7-11-22)29-21-30(34-31(29)20-25)23-12-8-5-9-13-23;1-4(6)3-5(2)7;/h4-19,21H,1-3H3;3,6H,1-2H3;/q-1;;/b;4-3-;. The van der Waals surface area contributed by atoms with Gasteiger partial charge in [-0.1, -0.05) is 121 Å². The molecule has 0 spiro atoms. The maximum atomic E-state index is 10.0. The Morgan fingerprint density at radius 2 is 1.49 bits per heavy atom. The summed E-state index contributed by atoms with van der Waals surface area (Å²) < 4.78 is 1.16. The van der Waals surface area contributed by atoms with Crippen LogP contribution in [0.2, 0.25) is 19.6 Å². The Morgan fingerprint density at radius 1 is 0.837 bits per heavy atom. The van der Waals surface area contributed by atoms with Crippen LogP contribution in [-0.4, -0.2) is 23.9 Å². The second-order valence-electron chi connectivity index (χ2n) is 11.4. The van der Waals surface area contributed by atoms with Crippen molar-refractivity contribution in [3.8, 4) is 32.8 Å². The van der Waals surface area contributed by atoms with Crippen molar-refractivity contribution in [3.63, 3.8) is 0 Å². The molecule has 1 radical (unpaired) electrons. The number of aromatic nitrogens is 1. The summed E-state index contributed by atoms with van der Waals surface area (Å²) in [7, 11) is -1.39. The number of hydrogen-bond donors (Lipinski definition) is 1. The summed E-state index contributed by atoms with van der Waals surface area (Å²) in [5, 5.41) is 13.5. The van der Waals surface area contributed by atoms with E-state index in [1.54, 1.807) is 11.3 Å². The molecule has 0 unspecified atom stereocenters. The molecule has 0 saturated carbocycles. The number of ketones is 1. The van der Waals surface area contributed by atoms with Crippen molar-refractivity contribution in [1.82, 2.24) is 4.98 Å². The molecule has 0 aliphatic rings. The van der Waals surface area contributed by atoms with Crippen molar-refractivity contribution in [2.75, 3.05) is 0 Å². The van der Waals surface area contributed by atoms with Gasteiger partial charge in [-0.2, -0.15) is 11.3 Å². The van der Waals surface area contributed by atoms with Gasteiger partial charge in [0.1, 0.15) is 0 Å². The monoisotopic (exact) mass is 777 g/mol. The van der Waals surface area contributed by atoms with E-state index in [0.717, 1.165) is 16.0 Å². The van der Waals surface area contributed by atoms with E-state index in [1.807, 2.05) is 6.20 Å². The third kappa shape index (κ3) is 7.65. The minimum Gasteiger partial charge on any atom is -0.512 e. The van der Waals surface area contributed by atoms with Crippen LogP contribution in [0.4, 0.5) is 0 Å². The molecule has 0 aliphatic carbocycles. The van der Waals surface area contributed by atoms with Crippen LogP contribution in [0.15, 0.2) is 115 Å². The number of allylic oxidation sites excluding steroid dienone is 2. The van der Waals surface area contributed by atoms with E-state index in [2.05, 4.69) is 123 Å². The van der Waals surface area contributed by atoms with Crippen LogP contribution in [-0.2, 0) is 24.9 Å². The summed E-state index contributed by atoms with van der Waals surface area (Å²) in [5.74, 6) is -0.0625. The fraction of sp³-hybridized carbons (Fsp3) is 0.135. The number of pyridine rings is 1. The van der Waals surface area contributed by atoms with E-state index in [9.17, 15) is 4.79 Å². The van der Waals surface area contributed by atoms with Gasteiger partial charge in [-0.05, 0) is 52.2 Å². The zero-order chi connectivity index (χ0) is 29.9. The molecule has 1 N–H and O–H groups in total. The summed E-state index contributed by atoms with van der Waals surface area (Å²) in [4.78, 5) is 16.1. The van der Waals surface area contributed by atoms with E-state index in [0.29, 0.717) is 0 Å². The number of thiophene rings is 1. The van der Waals surface area contributed by atoms with Gasteiger partial charge in [-0.3, -0.25) is 4.79 Å². The Labute approximate surface area is 272 Å². The molecule has 43 heavy (non-hydrogen) atoms. The molecule has 2 aromatic heterocycles. The fourth-order valence-electron chi connectivity index (χ4n) is 4.95. The van der Waals surface area contributed by atoms with E-state index in [4.69, 9.17) is 10.1 Å². The van der Waals surface area contributed by atoms with E-state index in [1.165, 1.54) is 62.8 Å².